The van der Waals surface area contributed by atoms with Crippen LogP contribution in [0.25, 0.3) is 27.8 Å². The maximum absolute atomic E-state index is 13.2. The molecule has 0 fully saturated rings. The minimum absolute atomic E-state index is 0.0166. The zero-order chi connectivity index (χ0) is 26.3. The monoisotopic (exact) mass is 513 g/mol. The zero-order valence-electron chi connectivity index (χ0n) is 19.1. The van der Waals surface area contributed by atoms with Crippen LogP contribution in [0.4, 0.5) is 10.2 Å². The second-order valence-corrected chi connectivity index (χ2v) is 9.40. The number of ether oxygens (including phenoxy) is 1. The molecule has 11 heteroatoms. The van der Waals surface area contributed by atoms with Gasteiger partial charge in [-0.15, -0.1) is 0 Å². The van der Waals surface area contributed by atoms with Crippen LogP contribution in [0.15, 0.2) is 71.6 Å². The number of nitrogen functional groups attached to an aromatic ring is 1. The van der Waals surface area contributed by atoms with E-state index in [0.29, 0.717) is 16.6 Å². The van der Waals surface area contributed by atoms with E-state index < -0.39 is 15.9 Å². The molecule has 0 saturated carbocycles. The molecule has 2 aromatic heterocycles. The number of imidazole rings is 1. The van der Waals surface area contributed by atoms with Gasteiger partial charge in [-0.05, 0) is 54.1 Å². The van der Waals surface area contributed by atoms with Gasteiger partial charge in [-0.1, -0.05) is 18.2 Å². The van der Waals surface area contributed by atoms with Crippen LogP contribution >= 0.6 is 0 Å². The van der Waals surface area contributed by atoms with Crippen molar-refractivity contribution in [2.75, 3.05) is 12.8 Å². The number of aromatic nitrogens is 2. The molecule has 0 unspecified atom stereocenters. The molecule has 0 atom stereocenters. The maximum atomic E-state index is 13.2. The van der Waals surface area contributed by atoms with Crippen molar-refractivity contribution in [1.82, 2.24) is 9.38 Å². The van der Waals surface area contributed by atoms with Gasteiger partial charge >= 0.3 is 10.1 Å². The Hall–Kier alpha value is -5.13. The molecular weight excluding hydrogens is 497 g/mol. The SMILES string of the molecule is COc1cc(-c2c(C#N)c(N)n3c(nc4ccccc43)c2C#N)ccc1OS(=O)(=O)c1ccc(F)cc1. The molecule has 9 nitrogen and oxygen atoms in total. The number of pyridine rings is 1. The lowest BCUT2D eigenvalue weighted by molar-refractivity contribution is 0.391. The average Bonchev–Trinajstić information content (AvgIpc) is 3.28. The number of fused-ring (bicyclic) bond motifs is 3. The second kappa shape index (κ2) is 8.82. The molecule has 0 spiro atoms. The lowest BCUT2D eigenvalue weighted by Gasteiger charge is -2.15. The standard InChI is InChI=1S/C26H16FN5O4S/c1-35-23-12-15(6-11-22(23)36-37(33,34)17-9-7-16(27)8-10-17)24-18(13-28)25(30)32-21-5-3-2-4-20(21)31-26(32)19(24)14-29/h2-12H,30H2,1H3. The number of nitrogens with two attached hydrogens (primary N) is 1. The summed E-state index contributed by atoms with van der Waals surface area (Å²) in [6.45, 7) is 0. The number of benzene rings is 3. The third kappa shape index (κ3) is 3.84. The van der Waals surface area contributed by atoms with E-state index in [1.165, 1.54) is 25.3 Å². The summed E-state index contributed by atoms with van der Waals surface area (Å²) in [7, 11) is -2.99. The Morgan fingerprint density at radius 1 is 0.973 bits per heavy atom. The predicted molar refractivity (Wildman–Crippen MR) is 133 cm³/mol. The van der Waals surface area contributed by atoms with Gasteiger partial charge in [0.1, 0.15) is 39.8 Å². The number of halogens is 1. The Morgan fingerprint density at radius 2 is 1.68 bits per heavy atom. The molecule has 3 aromatic carbocycles. The Morgan fingerprint density at radius 3 is 2.35 bits per heavy atom. The van der Waals surface area contributed by atoms with Crippen molar-refractivity contribution >= 4 is 32.6 Å². The summed E-state index contributed by atoms with van der Waals surface area (Å²) >= 11 is 0. The van der Waals surface area contributed by atoms with Crippen molar-refractivity contribution in [1.29, 1.82) is 10.5 Å². The molecule has 37 heavy (non-hydrogen) atoms. The van der Waals surface area contributed by atoms with Crippen LogP contribution < -0.4 is 14.7 Å². The average molecular weight is 514 g/mol. The highest BCUT2D eigenvalue weighted by Crippen LogP contribution is 2.40. The van der Waals surface area contributed by atoms with E-state index in [4.69, 9.17) is 14.7 Å². The molecule has 2 heterocycles. The van der Waals surface area contributed by atoms with Gasteiger partial charge in [0.2, 0.25) is 0 Å². The second-order valence-electron chi connectivity index (χ2n) is 7.85. The van der Waals surface area contributed by atoms with E-state index >= 15 is 0 Å². The molecule has 0 aliphatic heterocycles. The highest BCUT2D eigenvalue weighted by atomic mass is 32.2. The summed E-state index contributed by atoms with van der Waals surface area (Å²) in [4.78, 5) is 4.30. The number of hydrogen-bond acceptors (Lipinski definition) is 8. The third-order valence-electron chi connectivity index (χ3n) is 5.76. The predicted octanol–water partition coefficient (Wildman–Crippen LogP) is 4.40. The van der Waals surface area contributed by atoms with Gasteiger partial charge < -0.3 is 14.7 Å². The summed E-state index contributed by atoms with van der Waals surface area (Å²) in [6.07, 6.45) is 0. The smallest absolute Gasteiger partial charge is 0.339 e. The van der Waals surface area contributed by atoms with Crippen LogP contribution in [0.3, 0.4) is 0 Å². The first-order valence-electron chi connectivity index (χ1n) is 10.7. The number of rotatable bonds is 5. The van der Waals surface area contributed by atoms with Gasteiger partial charge in [0.05, 0.1) is 18.1 Å². The van der Waals surface area contributed by atoms with Gasteiger partial charge in [0.25, 0.3) is 0 Å². The fraction of sp³-hybridized carbons (Fsp3) is 0.0385. The topological polar surface area (TPSA) is 144 Å². The third-order valence-corrected chi connectivity index (χ3v) is 7.01. The largest absolute Gasteiger partial charge is 0.493 e. The van der Waals surface area contributed by atoms with Gasteiger partial charge in [0.15, 0.2) is 17.1 Å². The van der Waals surface area contributed by atoms with Crippen LogP contribution in [-0.4, -0.2) is 24.9 Å². The summed E-state index contributed by atoms with van der Waals surface area (Å²) in [5.41, 5.74) is 8.63. The summed E-state index contributed by atoms with van der Waals surface area (Å²) in [5, 5.41) is 20.1. The number of hydrogen-bond donors (Lipinski definition) is 1. The van der Waals surface area contributed by atoms with Crippen molar-refractivity contribution < 1.29 is 21.7 Å². The maximum Gasteiger partial charge on any atom is 0.339 e. The van der Waals surface area contributed by atoms with E-state index in [2.05, 4.69) is 17.1 Å². The molecule has 0 saturated heterocycles. The van der Waals surface area contributed by atoms with Crippen molar-refractivity contribution in [2.24, 2.45) is 0 Å². The molecule has 0 bridgehead atoms. The lowest BCUT2D eigenvalue weighted by atomic mass is 9.96. The van der Waals surface area contributed by atoms with Crippen LogP contribution in [0.5, 0.6) is 11.5 Å². The number of para-hydroxylation sites is 2. The van der Waals surface area contributed by atoms with Gasteiger partial charge in [-0.2, -0.15) is 18.9 Å². The quantitative estimate of drug-likeness (QED) is 0.341. The number of nitrogens with zero attached hydrogens (tertiary/aromatic N) is 4. The normalized spacial score (nSPS) is 11.2. The molecule has 0 aliphatic rings. The van der Waals surface area contributed by atoms with Crippen LogP contribution in [0.2, 0.25) is 0 Å². The van der Waals surface area contributed by atoms with E-state index in [1.807, 2.05) is 0 Å². The Bertz CT molecular complexity index is 1900. The van der Waals surface area contributed by atoms with Crippen molar-refractivity contribution in [3.63, 3.8) is 0 Å². The zero-order valence-corrected chi connectivity index (χ0v) is 20.0. The highest BCUT2D eigenvalue weighted by Gasteiger charge is 2.25. The first kappa shape index (κ1) is 23.6. The minimum atomic E-state index is -4.30. The van der Waals surface area contributed by atoms with Crippen molar-refractivity contribution in [3.8, 4) is 34.8 Å². The fourth-order valence-corrected chi connectivity index (χ4v) is 5.02. The van der Waals surface area contributed by atoms with E-state index in [1.54, 1.807) is 28.7 Å². The highest BCUT2D eigenvalue weighted by molar-refractivity contribution is 7.87. The molecule has 5 rings (SSSR count). The number of nitriles is 2. The summed E-state index contributed by atoms with van der Waals surface area (Å²) < 4.78 is 50.8. The lowest BCUT2D eigenvalue weighted by Crippen LogP contribution is -2.10. The van der Waals surface area contributed by atoms with Crippen LogP contribution in [-0.2, 0) is 10.1 Å². The van der Waals surface area contributed by atoms with Gasteiger partial charge in [-0.3, -0.25) is 4.40 Å². The molecule has 2 N–H and O–H groups in total. The Labute approximate surface area is 210 Å². The first-order chi connectivity index (χ1) is 17.8. The molecule has 0 radical (unpaired) electrons. The van der Waals surface area contributed by atoms with Crippen LogP contribution in [0.1, 0.15) is 11.1 Å². The molecule has 5 aromatic rings. The first-order valence-corrected chi connectivity index (χ1v) is 12.1. The minimum Gasteiger partial charge on any atom is -0.493 e. The fourth-order valence-electron chi connectivity index (χ4n) is 4.08. The van der Waals surface area contributed by atoms with Crippen LogP contribution in [0, 0.1) is 28.5 Å². The molecule has 182 valence electrons. The molecule has 0 aliphatic carbocycles. The number of methoxy groups -OCH3 is 1. The molecule has 0 amide bonds. The molecular formula is C26H16FN5O4S. The van der Waals surface area contributed by atoms with E-state index in [-0.39, 0.29) is 44.5 Å². The number of anilines is 1. The Kier molecular flexibility index (Phi) is 5.63. The van der Waals surface area contributed by atoms with E-state index in [0.717, 1.165) is 24.3 Å². The van der Waals surface area contributed by atoms with E-state index in [9.17, 15) is 23.3 Å². The summed E-state index contributed by atoms with van der Waals surface area (Å²) in [5.74, 6) is -0.626. The summed E-state index contributed by atoms with van der Waals surface area (Å²) in [6, 6.07) is 19.8. The van der Waals surface area contributed by atoms with Gasteiger partial charge in [0, 0.05) is 5.56 Å². The van der Waals surface area contributed by atoms with Crippen molar-refractivity contribution in [2.45, 2.75) is 4.90 Å². The van der Waals surface area contributed by atoms with Gasteiger partial charge in [-0.25, -0.2) is 9.37 Å². The van der Waals surface area contributed by atoms with Crippen molar-refractivity contribution in [3.05, 3.63) is 83.7 Å². The Balaban J connectivity index is 1.69.